The van der Waals surface area contributed by atoms with Crippen molar-refractivity contribution < 1.29 is 4.74 Å². The Bertz CT molecular complexity index is 350. The van der Waals surface area contributed by atoms with Gasteiger partial charge in [0.15, 0.2) is 0 Å². The molecule has 0 bridgehead atoms. The van der Waals surface area contributed by atoms with E-state index >= 15 is 0 Å². The fraction of sp³-hybridized carbons (Fsp3) is 0.667. The molecule has 2 N–H and O–H groups in total. The molecular formula is C12H21N3O. The van der Waals surface area contributed by atoms with Crippen molar-refractivity contribution in [1.29, 1.82) is 0 Å². The SMILES string of the molecule is Cc1nnc(OCCC(C)C)c(CN)c1C. The highest BCUT2D eigenvalue weighted by atomic mass is 16.5. The summed E-state index contributed by atoms with van der Waals surface area (Å²) in [5, 5.41) is 8.11. The molecule has 1 aromatic rings. The summed E-state index contributed by atoms with van der Waals surface area (Å²) in [4.78, 5) is 0. The van der Waals surface area contributed by atoms with Crippen LogP contribution in [0.25, 0.3) is 0 Å². The number of nitrogens with zero attached hydrogens (tertiary/aromatic N) is 2. The first-order valence-electron chi connectivity index (χ1n) is 5.71. The van der Waals surface area contributed by atoms with Crippen LogP contribution < -0.4 is 10.5 Å². The van der Waals surface area contributed by atoms with Crippen molar-refractivity contribution in [1.82, 2.24) is 10.2 Å². The molecule has 90 valence electrons. The van der Waals surface area contributed by atoms with Crippen LogP contribution in [0, 0.1) is 19.8 Å². The van der Waals surface area contributed by atoms with Crippen molar-refractivity contribution in [3.8, 4) is 5.88 Å². The van der Waals surface area contributed by atoms with Crippen LogP contribution in [-0.4, -0.2) is 16.8 Å². The fourth-order valence-electron chi connectivity index (χ4n) is 1.38. The van der Waals surface area contributed by atoms with Crippen molar-refractivity contribution in [2.75, 3.05) is 6.61 Å². The number of aryl methyl sites for hydroxylation is 1. The largest absolute Gasteiger partial charge is 0.476 e. The normalized spacial score (nSPS) is 10.9. The lowest BCUT2D eigenvalue weighted by Gasteiger charge is -2.12. The Morgan fingerprint density at radius 2 is 1.94 bits per heavy atom. The lowest BCUT2D eigenvalue weighted by Crippen LogP contribution is -2.11. The van der Waals surface area contributed by atoms with E-state index in [1.165, 1.54) is 0 Å². The molecule has 0 spiro atoms. The van der Waals surface area contributed by atoms with E-state index < -0.39 is 0 Å². The Balaban J connectivity index is 2.76. The summed E-state index contributed by atoms with van der Waals surface area (Å²) in [6.45, 7) is 9.38. The number of rotatable bonds is 5. The first-order chi connectivity index (χ1) is 7.56. The van der Waals surface area contributed by atoms with Crippen LogP contribution in [0.2, 0.25) is 0 Å². The Morgan fingerprint density at radius 3 is 2.50 bits per heavy atom. The predicted molar refractivity (Wildman–Crippen MR) is 64.3 cm³/mol. The molecule has 0 saturated heterocycles. The van der Waals surface area contributed by atoms with Crippen LogP contribution in [0.4, 0.5) is 0 Å². The van der Waals surface area contributed by atoms with Gasteiger partial charge in [0.2, 0.25) is 5.88 Å². The van der Waals surface area contributed by atoms with E-state index in [2.05, 4.69) is 24.0 Å². The van der Waals surface area contributed by atoms with Crippen LogP contribution in [-0.2, 0) is 6.54 Å². The van der Waals surface area contributed by atoms with Crippen molar-refractivity contribution in [3.63, 3.8) is 0 Å². The van der Waals surface area contributed by atoms with Crippen LogP contribution in [0.15, 0.2) is 0 Å². The Kier molecular flexibility index (Phi) is 4.68. The van der Waals surface area contributed by atoms with Gasteiger partial charge in [-0.15, -0.1) is 5.10 Å². The van der Waals surface area contributed by atoms with Crippen molar-refractivity contribution in [2.45, 2.75) is 40.7 Å². The summed E-state index contributed by atoms with van der Waals surface area (Å²) in [6, 6.07) is 0. The maximum absolute atomic E-state index is 5.70. The molecule has 1 rings (SSSR count). The summed E-state index contributed by atoms with van der Waals surface area (Å²) >= 11 is 0. The van der Waals surface area contributed by atoms with E-state index in [-0.39, 0.29) is 0 Å². The number of hydrogen-bond acceptors (Lipinski definition) is 4. The average Bonchev–Trinajstić information content (AvgIpc) is 2.23. The number of hydrogen-bond donors (Lipinski definition) is 1. The van der Waals surface area contributed by atoms with E-state index in [1.54, 1.807) is 0 Å². The molecule has 0 unspecified atom stereocenters. The lowest BCUT2D eigenvalue weighted by molar-refractivity contribution is 0.273. The van der Waals surface area contributed by atoms with Gasteiger partial charge < -0.3 is 10.5 Å². The second-order valence-electron chi connectivity index (χ2n) is 4.43. The smallest absolute Gasteiger partial charge is 0.238 e. The third kappa shape index (κ3) is 3.17. The Labute approximate surface area is 97.2 Å². The molecule has 1 aromatic heterocycles. The third-order valence-corrected chi connectivity index (χ3v) is 2.68. The molecule has 0 fully saturated rings. The van der Waals surface area contributed by atoms with Crippen LogP contribution in [0.1, 0.15) is 37.1 Å². The minimum atomic E-state index is 0.444. The molecule has 0 aliphatic carbocycles. The molecule has 4 heteroatoms. The fourth-order valence-corrected chi connectivity index (χ4v) is 1.38. The van der Waals surface area contributed by atoms with E-state index in [1.807, 2.05) is 13.8 Å². The van der Waals surface area contributed by atoms with E-state index in [0.29, 0.717) is 24.9 Å². The zero-order valence-corrected chi connectivity index (χ0v) is 10.6. The number of aromatic nitrogens is 2. The van der Waals surface area contributed by atoms with Gasteiger partial charge >= 0.3 is 0 Å². The molecule has 0 radical (unpaired) electrons. The van der Waals surface area contributed by atoms with Crippen molar-refractivity contribution in [3.05, 3.63) is 16.8 Å². The zero-order chi connectivity index (χ0) is 12.1. The summed E-state index contributed by atoms with van der Waals surface area (Å²) < 4.78 is 5.62. The minimum absolute atomic E-state index is 0.444. The molecule has 0 saturated carbocycles. The maximum atomic E-state index is 5.70. The highest BCUT2D eigenvalue weighted by Gasteiger charge is 2.10. The van der Waals surface area contributed by atoms with Crippen molar-refractivity contribution >= 4 is 0 Å². The van der Waals surface area contributed by atoms with Gasteiger partial charge in [-0.2, -0.15) is 5.10 Å². The molecule has 16 heavy (non-hydrogen) atoms. The van der Waals surface area contributed by atoms with Gasteiger partial charge in [0.25, 0.3) is 0 Å². The predicted octanol–water partition coefficient (Wildman–Crippen LogP) is 1.98. The molecule has 0 aliphatic rings. The third-order valence-electron chi connectivity index (χ3n) is 2.68. The molecule has 0 amide bonds. The van der Waals surface area contributed by atoms with Gasteiger partial charge in [-0.25, -0.2) is 0 Å². The maximum Gasteiger partial charge on any atom is 0.238 e. The zero-order valence-electron chi connectivity index (χ0n) is 10.6. The number of ether oxygens (including phenoxy) is 1. The van der Waals surface area contributed by atoms with Gasteiger partial charge in [0, 0.05) is 12.1 Å². The highest BCUT2D eigenvalue weighted by Crippen LogP contribution is 2.20. The van der Waals surface area contributed by atoms with Gasteiger partial charge in [-0.05, 0) is 31.7 Å². The topological polar surface area (TPSA) is 61.0 Å². The number of nitrogens with two attached hydrogens (primary N) is 1. The second-order valence-corrected chi connectivity index (χ2v) is 4.43. The summed E-state index contributed by atoms with van der Waals surface area (Å²) in [7, 11) is 0. The Morgan fingerprint density at radius 1 is 1.25 bits per heavy atom. The van der Waals surface area contributed by atoms with Gasteiger partial charge in [-0.3, -0.25) is 0 Å². The van der Waals surface area contributed by atoms with Gasteiger partial charge in [0.05, 0.1) is 12.3 Å². The summed E-state index contributed by atoms with van der Waals surface area (Å²) in [5.74, 6) is 1.21. The first kappa shape index (κ1) is 12.9. The monoisotopic (exact) mass is 223 g/mol. The van der Waals surface area contributed by atoms with E-state index in [9.17, 15) is 0 Å². The average molecular weight is 223 g/mol. The standard InChI is InChI=1S/C12H21N3O/c1-8(2)5-6-16-12-11(7-13)9(3)10(4)14-15-12/h8H,5-7,13H2,1-4H3. The summed E-state index contributed by atoms with van der Waals surface area (Å²) in [5.41, 5.74) is 8.67. The molecule has 1 heterocycles. The molecule has 0 aromatic carbocycles. The highest BCUT2D eigenvalue weighted by molar-refractivity contribution is 5.34. The van der Waals surface area contributed by atoms with Crippen LogP contribution in [0.5, 0.6) is 5.88 Å². The molecule has 0 atom stereocenters. The van der Waals surface area contributed by atoms with Crippen LogP contribution >= 0.6 is 0 Å². The van der Waals surface area contributed by atoms with E-state index in [4.69, 9.17) is 10.5 Å². The lowest BCUT2D eigenvalue weighted by atomic mass is 10.1. The van der Waals surface area contributed by atoms with E-state index in [0.717, 1.165) is 23.2 Å². The van der Waals surface area contributed by atoms with Gasteiger partial charge in [-0.1, -0.05) is 13.8 Å². The second kappa shape index (κ2) is 5.80. The van der Waals surface area contributed by atoms with Crippen molar-refractivity contribution in [2.24, 2.45) is 11.7 Å². The molecular weight excluding hydrogens is 202 g/mol. The first-order valence-corrected chi connectivity index (χ1v) is 5.71. The summed E-state index contributed by atoms with van der Waals surface area (Å²) in [6.07, 6.45) is 1.01. The van der Waals surface area contributed by atoms with Gasteiger partial charge in [0.1, 0.15) is 0 Å². The quantitative estimate of drug-likeness (QED) is 0.829. The molecule has 4 nitrogen and oxygen atoms in total. The minimum Gasteiger partial charge on any atom is -0.476 e. The Hall–Kier alpha value is -1.16. The molecule has 0 aliphatic heterocycles. The van der Waals surface area contributed by atoms with Crippen LogP contribution in [0.3, 0.4) is 0 Å².